The molecular formula is C20H20ClN5OS. The Balaban J connectivity index is 1.56. The Bertz CT molecular complexity index is 1140. The summed E-state index contributed by atoms with van der Waals surface area (Å²) in [5.74, 6) is -0.287. The first-order valence-corrected chi connectivity index (χ1v) is 10.4. The standard InChI is InChI=1S/C20H20ClN5OS/c1-3-4-9-26-18(21)17(12(2)25-26)19(27)24-20-23-16(11-28-20)14-10-22-15-8-6-5-7-13(14)15/h5-8,10-11,22H,3-4,9H2,1-2H3,(H,23,24,27). The average Bonchev–Trinajstić information content (AvgIpc) is 3.37. The summed E-state index contributed by atoms with van der Waals surface area (Å²) in [6.45, 7) is 4.60. The number of benzene rings is 1. The number of nitrogens with zero attached hydrogens (tertiary/aromatic N) is 3. The number of para-hydroxylation sites is 1. The Kier molecular flexibility index (Phi) is 5.19. The molecule has 144 valence electrons. The highest BCUT2D eigenvalue weighted by molar-refractivity contribution is 7.14. The van der Waals surface area contributed by atoms with Gasteiger partial charge in [-0.1, -0.05) is 43.1 Å². The van der Waals surface area contributed by atoms with Gasteiger partial charge in [0.05, 0.1) is 17.0 Å². The summed E-state index contributed by atoms with van der Waals surface area (Å²) >= 11 is 7.78. The molecule has 6 nitrogen and oxygen atoms in total. The molecule has 2 N–H and O–H groups in total. The first kappa shape index (κ1) is 18.7. The van der Waals surface area contributed by atoms with Gasteiger partial charge in [-0.2, -0.15) is 5.10 Å². The van der Waals surface area contributed by atoms with E-state index >= 15 is 0 Å². The predicted octanol–water partition coefficient (Wildman–Crippen LogP) is 5.50. The zero-order chi connectivity index (χ0) is 19.7. The van der Waals surface area contributed by atoms with Crippen LogP contribution in [0.1, 0.15) is 35.8 Å². The number of rotatable bonds is 6. The van der Waals surface area contributed by atoms with Gasteiger partial charge in [-0.15, -0.1) is 11.3 Å². The molecule has 1 aromatic carbocycles. The van der Waals surface area contributed by atoms with E-state index in [1.807, 2.05) is 35.8 Å². The van der Waals surface area contributed by atoms with Crippen LogP contribution < -0.4 is 5.32 Å². The number of thiazole rings is 1. The van der Waals surface area contributed by atoms with Gasteiger partial charge in [0.25, 0.3) is 5.91 Å². The van der Waals surface area contributed by atoms with Gasteiger partial charge in [0.1, 0.15) is 5.15 Å². The van der Waals surface area contributed by atoms with Crippen molar-refractivity contribution in [2.45, 2.75) is 33.2 Å². The monoisotopic (exact) mass is 413 g/mol. The second-order valence-corrected chi connectivity index (χ2v) is 7.78. The summed E-state index contributed by atoms with van der Waals surface area (Å²) in [5, 5.41) is 11.2. The second-order valence-electron chi connectivity index (χ2n) is 6.57. The Morgan fingerprint density at radius 1 is 1.36 bits per heavy atom. The highest BCUT2D eigenvalue weighted by Gasteiger charge is 2.21. The summed E-state index contributed by atoms with van der Waals surface area (Å²) < 4.78 is 1.69. The van der Waals surface area contributed by atoms with Gasteiger partial charge in [0.2, 0.25) is 0 Å². The van der Waals surface area contributed by atoms with Gasteiger partial charge in [-0.25, -0.2) is 4.98 Å². The minimum atomic E-state index is -0.287. The first-order chi connectivity index (χ1) is 13.6. The molecule has 3 aromatic heterocycles. The molecule has 8 heteroatoms. The van der Waals surface area contributed by atoms with E-state index < -0.39 is 0 Å². The fourth-order valence-electron chi connectivity index (χ4n) is 3.17. The van der Waals surface area contributed by atoms with E-state index in [1.165, 1.54) is 11.3 Å². The maximum absolute atomic E-state index is 12.8. The normalized spacial score (nSPS) is 11.2. The lowest BCUT2D eigenvalue weighted by Crippen LogP contribution is -2.13. The number of hydrogen-bond donors (Lipinski definition) is 2. The van der Waals surface area contributed by atoms with Gasteiger partial charge in [-0.05, 0) is 19.4 Å². The van der Waals surface area contributed by atoms with Crippen LogP contribution in [-0.2, 0) is 6.54 Å². The lowest BCUT2D eigenvalue weighted by atomic mass is 10.1. The zero-order valence-corrected chi connectivity index (χ0v) is 17.2. The third kappa shape index (κ3) is 3.43. The van der Waals surface area contributed by atoms with Crippen molar-refractivity contribution in [2.24, 2.45) is 0 Å². The van der Waals surface area contributed by atoms with E-state index in [-0.39, 0.29) is 5.91 Å². The topological polar surface area (TPSA) is 75.6 Å². The predicted molar refractivity (Wildman–Crippen MR) is 114 cm³/mol. The maximum atomic E-state index is 12.8. The molecule has 0 saturated carbocycles. The number of anilines is 1. The summed E-state index contributed by atoms with van der Waals surface area (Å²) in [5.41, 5.74) is 3.90. The van der Waals surface area contributed by atoms with E-state index in [0.29, 0.717) is 28.1 Å². The third-order valence-electron chi connectivity index (χ3n) is 4.61. The Morgan fingerprint density at radius 2 is 2.18 bits per heavy atom. The fraction of sp³-hybridized carbons (Fsp3) is 0.250. The maximum Gasteiger partial charge on any atom is 0.262 e. The molecular weight excluding hydrogens is 394 g/mol. The molecule has 0 saturated heterocycles. The molecule has 4 rings (SSSR count). The second kappa shape index (κ2) is 7.77. The molecule has 4 aromatic rings. The fourth-order valence-corrected chi connectivity index (χ4v) is 4.22. The molecule has 3 heterocycles. The van der Waals surface area contributed by atoms with Crippen molar-refractivity contribution in [3.8, 4) is 11.3 Å². The van der Waals surface area contributed by atoms with Crippen LogP contribution in [0.5, 0.6) is 0 Å². The van der Waals surface area contributed by atoms with Gasteiger partial charge < -0.3 is 4.98 Å². The number of aryl methyl sites for hydroxylation is 2. The number of unbranched alkanes of at least 4 members (excludes halogenated alkanes) is 1. The molecule has 0 aliphatic carbocycles. The minimum absolute atomic E-state index is 0.287. The molecule has 0 atom stereocenters. The van der Waals surface area contributed by atoms with Crippen molar-refractivity contribution in [2.75, 3.05) is 5.32 Å². The lowest BCUT2D eigenvalue weighted by Gasteiger charge is -2.03. The van der Waals surface area contributed by atoms with Crippen LogP contribution in [0.15, 0.2) is 35.8 Å². The molecule has 0 radical (unpaired) electrons. The molecule has 1 amide bonds. The Labute approximate surface area is 171 Å². The highest BCUT2D eigenvalue weighted by atomic mass is 35.5. The number of aromatic amines is 1. The van der Waals surface area contributed by atoms with E-state index in [4.69, 9.17) is 11.6 Å². The molecule has 0 fully saturated rings. The van der Waals surface area contributed by atoms with Crippen molar-refractivity contribution in [3.63, 3.8) is 0 Å². The first-order valence-electron chi connectivity index (χ1n) is 9.14. The van der Waals surface area contributed by atoms with Gasteiger partial charge >= 0.3 is 0 Å². The SMILES string of the molecule is CCCCn1nc(C)c(C(=O)Nc2nc(-c3c[nH]c4ccccc34)cs2)c1Cl. The molecule has 28 heavy (non-hydrogen) atoms. The molecule has 0 bridgehead atoms. The van der Waals surface area contributed by atoms with Crippen molar-refractivity contribution in [1.29, 1.82) is 0 Å². The summed E-state index contributed by atoms with van der Waals surface area (Å²) in [4.78, 5) is 20.6. The van der Waals surface area contributed by atoms with Crippen LogP contribution in [0.2, 0.25) is 5.15 Å². The number of H-pyrrole nitrogens is 1. The third-order valence-corrected chi connectivity index (χ3v) is 5.75. The van der Waals surface area contributed by atoms with Gasteiger partial charge in [0, 0.05) is 34.6 Å². The number of carbonyl (C=O) groups excluding carboxylic acids is 1. The molecule has 0 aliphatic rings. The highest BCUT2D eigenvalue weighted by Crippen LogP contribution is 2.31. The van der Waals surface area contributed by atoms with Crippen LogP contribution in [0, 0.1) is 6.92 Å². The lowest BCUT2D eigenvalue weighted by molar-refractivity contribution is 0.102. The Morgan fingerprint density at radius 3 is 3.00 bits per heavy atom. The summed E-state index contributed by atoms with van der Waals surface area (Å²) in [7, 11) is 0. The summed E-state index contributed by atoms with van der Waals surface area (Å²) in [6.07, 6.45) is 3.93. The van der Waals surface area contributed by atoms with E-state index in [1.54, 1.807) is 11.6 Å². The van der Waals surface area contributed by atoms with Crippen LogP contribution in [0.3, 0.4) is 0 Å². The van der Waals surface area contributed by atoms with Crippen LogP contribution >= 0.6 is 22.9 Å². The van der Waals surface area contributed by atoms with Crippen molar-refractivity contribution in [3.05, 3.63) is 52.3 Å². The van der Waals surface area contributed by atoms with E-state index in [9.17, 15) is 4.79 Å². The number of fused-ring (bicyclic) bond motifs is 1. The summed E-state index contributed by atoms with van der Waals surface area (Å²) in [6, 6.07) is 8.05. The quantitative estimate of drug-likeness (QED) is 0.438. The number of carbonyl (C=O) groups is 1. The largest absolute Gasteiger partial charge is 0.360 e. The van der Waals surface area contributed by atoms with Gasteiger partial charge in [-0.3, -0.25) is 14.8 Å². The Hall–Kier alpha value is -2.64. The van der Waals surface area contributed by atoms with Gasteiger partial charge in [0.15, 0.2) is 5.13 Å². The number of aromatic nitrogens is 4. The molecule has 0 aliphatic heterocycles. The van der Waals surface area contributed by atoms with Crippen molar-refractivity contribution < 1.29 is 4.79 Å². The van der Waals surface area contributed by atoms with Crippen molar-refractivity contribution in [1.82, 2.24) is 19.7 Å². The average molecular weight is 414 g/mol. The van der Waals surface area contributed by atoms with Crippen molar-refractivity contribution >= 4 is 44.9 Å². The van der Waals surface area contributed by atoms with E-state index in [0.717, 1.165) is 35.0 Å². The number of nitrogens with one attached hydrogen (secondary N) is 2. The van der Waals surface area contributed by atoms with Crippen LogP contribution in [-0.4, -0.2) is 25.7 Å². The number of amides is 1. The van der Waals surface area contributed by atoms with Crippen LogP contribution in [0.4, 0.5) is 5.13 Å². The molecule has 0 spiro atoms. The van der Waals surface area contributed by atoms with E-state index in [2.05, 4.69) is 27.3 Å². The molecule has 0 unspecified atom stereocenters. The number of hydrogen-bond acceptors (Lipinski definition) is 4. The number of halogens is 1. The minimum Gasteiger partial charge on any atom is -0.360 e. The smallest absolute Gasteiger partial charge is 0.262 e. The van der Waals surface area contributed by atoms with Crippen LogP contribution in [0.25, 0.3) is 22.2 Å². The zero-order valence-electron chi connectivity index (χ0n) is 15.6.